The molecular weight excluding hydrogens is 929 g/mol. The number of rotatable bonds is 21. The van der Waals surface area contributed by atoms with Crippen LogP contribution in [0.25, 0.3) is 0 Å². The molecule has 0 aromatic rings. The largest absolute Gasteiger partial charge is 0.465 e. The quantitative estimate of drug-likeness (QED) is 0.0620. The minimum absolute atomic E-state index is 0.00546. The van der Waals surface area contributed by atoms with Gasteiger partial charge in [-0.05, 0) is 126 Å². The van der Waals surface area contributed by atoms with E-state index in [2.05, 4.69) is 78.0 Å². The van der Waals surface area contributed by atoms with Crippen molar-refractivity contribution in [1.29, 1.82) is 0 Å². The highest BCUT2D eigenvalue weighted by molar-refractivity contribution is 6.02. The smallest absolute Gasteiger partial charge is 0.307 e. The van der Waals surface area contributed by atoms with Crippen LogP contribution in [-0.4, -0.2) is 60.9 Å². The lowest BCUT2D eigenvalue weighted by Gasteiger charge is -2.36. The van der Waals surface area contributed by atoms with Crippen LogP contribution in [0.15, 0.2) is 130 Å². The lowest BCUT2D eigenvalue weighted by molar-refractivity contribution is -0.158. The van der Waals surface area contributed by atoms with Gasteiger partial charge in [0, 0.05) is 12.8 Å². The van der Waals surface area contributed by atoms with Crippen LogP contribution in [0.4, 0.5) is 0 Å². The van der Waals surface area contributed by atoms with Gasteiger partial charge in [0.05, 0.1) is 38.9 Å². The van der Waals surface area contributed by atoms with Gasteiger partial charge in [-0.15, -0.1) is 0 Å². The second-order valence-corrected chi connectivity index (χ2v) is 22.2. The van der Waals surface area contributed by atoms with E-state index in [9.17, 15) is 28.8 Å². The molecule has 0 heterocycles. The Hall–Kier alpha value is -5.64. The van der Waals surface area contributed by atoms with Gasteiger partial charge in [-0.3, -0.25) is 28.8 Å². The Bertz CT molecular complexity index is 2290. The van der Waals surface area contributed by atoms with Crippen molar-refractivity contribution < 1.29 is 47.7 Å². The SMILES string of the molecule is C/C=C/C1=C(C)C(=O)C(OC(=O)CCC(=O)OCC2CCCCC2)CC1(C)C.CC(C)=C/C=C/C(C)=C/C=C/C=C(C)/C=C/C=C(C)/C=C/C1=C(C)C(=O)C(OC(=O)CCC(=O)OCC2CCCCC2)CC1(C)C. The van der Waals surface area contributed by atoms with Crippen LogP contribution in [-0.2, 0) is 47.7 Å². The highest BCUT2D eigenvalue weighted by Crippen LogP contribution is 2.42. The maximum atomic E-state index is 13.2. The molecule has 4 aliphatic rings. The predicted molar refractivity (Wildman–Crippen MR) is 298 cm³/mol. The number of hydrogen-bond donors (Lipinski definition) is 0. The van der Waals surface area contributed by atoms with Crippen LogP contribution in [0, 0.1) is 22.7 Å². The minimum Gasteiger partial charge on any atom is -0.465 e. The number of carbonyl (C=O) groups is 6. The van der Waals surface area contributed by atoms with Crippen molar-refractivity contribution in [2.24, 2.45) is 22.7 Å². The first kappa shape index (κ1) is 62.7. The van der Waals surface area contributed by atoms with E-state index in [0.717, 1.165) is 48.0 Å². The molecule has 4 rings (SSSR count). The molecule has 2 unspecified atom stereocenters. The van der Waals surface area contributed by atoms with E-state index in [0.29, 0.717) is 49.0 Å². The van der Waals surface area contributed by atoms with Gasteiger partial charge < -0.3 is 18.9 Å². The average Bonchev–Trinajstić information content (AvgIpc) is 3.35. The summed E-state index contributed by atoms with van der Waals surface area (Å²) in [6.07, 6.45) is 39.1. The number of allylic oxidation sites excluding steroid dienone is 20. The molecule has 0 aromatic heterocycles. The molecule has 2 atom stereocenters. The Morgan fingerprint density at radius 3 is 1.27 bits per heavy atom. The second-order valence-electron chi connectivity index (χ2n) is 22.2. The summed E-state index contributed by atoms with van der Waals surface area (Å²) in [6, 6.07) is 0. The molecule has 10 heteroatoms. The molecular formula is C64H90O10. The van der Waals surface area contributed by atoms with Gasteiger partial charge in [-0.1, -0.05) is 174 Å². The Kier molecular flexibility index (Phi) is 27.0. The lowest BCUT2D eigenvalue weighted by Crippen LogP contribution is -2.39. The fraction of sp³-hybridized carbons (Fsp3) is 0.562. The van der Waals surface area contributed by atoms with Gasteiger partial charge >= 0.3 is 23.9 Å². The van der Waals surface area contributed by atoms with Crippen molar-refractivity contribution >= 4 is 35.4 Å². The topological polar surface area (TPSA) is 139 Å². The van der Waals surface area contributed by atoms with Crippen molar-refractivity contribution in [3.8, 4) is 0 Å². The molecule has 4 aliphatic carbocycles. The summed E-state index contributed by atoms with van der Waals surface area (Å²) < 4.78 is 21.7. The second kappa shape index (κ2) is 31.9. The maximum Gasteiger partial charge on any atom is 0.307 e. The molecule has 10 nitrogen and oxygen atoms in total. The summed E-state index contributed by atoms with van der Waals surface area (Å²) >= 11 is 0. The van der Waals surface area contributed by atoms with E-state index in [1.54, 1.807) is 13.8 Å². The standard InChI is InChI=1S/C41H56O5.C23H34O5/c1-30(2)16-14-19-31(3)17-12-13-18-32(4)20-15-21-33(5)24-25-36-34(6)40(44)37(28-41(36,7)8)46-39(43)27-26-38(42)45-29-35-22-10-9-11-23-35;1-5-9-18-16(2)22(26)19(14-23(18,3)4)28-21(25)13-12-20(24)27-15-17-10-7-6-8-11-17/h12-21,24-25,35,37H,9-11,22-23,26-29H2,1-8H3;5,9,17,19H,6-8,10-15H2,1-4H3/b13-12+,19-14+,20-15+,25-24+,31-17+,32-18+,33-21+;9-5+. The van der Waals surface area contributed by atoms with Crippen molar-refractivity contribution in [1.82, 2.24) is 0 Å². The maximum absolute atomic E-state index is 13.2. The van der Waals surface area contributed by atoms with E-state index in [-0.39, 0.29) is 60.0 Å². The van der Waals surface area contributed by atoms with Crippen molar-refractivity contribution in [2.45, 2.75) is 198 Å². The van der Waals surface area contributed by atoms with Gasteiger partial charge in [-0.25, -0.2) is 0 Å². The van der Waals surface area contributed by atoms with Gasteiger partial charge in [0.25, 0.3) is 0 Å². The van der Waals surface area contributed by atoms with Gasteiger partial charge in [0.1, 0.15) is 0 Å². The van der Waals surface area contributed by atoms with E-state index < -0.39 is 24.1 Å². The van der Waals surface area contributed by atoms with Crippen molar-refractivity contribution in [3.05, 3.63) is 130 Å². The monoisotopic (exact) mass is 1020 g/mol. The van der Waals surface area contributed by atoms with Crippen LogP contribution in [0.2, 0.25) is 0 Å². The summed E-state index contributed by atoms with van der Waals surface area (Å²) in [4.78, 5) is 74.5. The average molecular weight is 1020 g/mol. The van der Waals surface area contributed by atoms with E-state index in [1.807, 2.05) is 76.3 Å². The zero-order valence-corrected chi connectivity index (χ0v) is 47.2. The Morgan fingerprint density at radius 1 is 0.500 bits per heavy atom. The van der Waals surface area contributed by atoms with E-state index >= 15 is 0 Å². The zero-order chi connectivity index (χ0) is 54.8. The highest BCUT2D eigenvalue weighted by atomic mass is 16.6. The normalized spacial score (nSPS) is 21.4. The Balaban J connectivity index is 0.000000439. The molecule has 406 valence electrons. The van der Waals surface area contributed by atoms with Gasteiger partial charge in [0.15, 0.2) is 23.8 Å². The molecule has 0 radical (unpaired) electrons. The molecule has 2 saturated carbocycles. The third-order valence-electron chi connectivity index (χ3n) is 14.2. The Labute approximate surface area is 445 Å². The van der Waals surface area contributed by atoms with Crippen LogP contribution >= 0.6 is 0 Å². The first-order chi connectivity index (χ1) is 35.0. The summed E-state index contributed by atoms with van der Waals surface area (Å²) in [6.45, 7) is 24.9. The number of carbonyl (C=O) groups excluding carboxylic acids is 6. The highest BCUT2D eigenvalue weighted by Gasteiger charge is 2.41. The molecule has 0 aliphatic heterocycles. The zero-order valence-electron chi connectivity index (χ0n) is 47.2. The van der Waals surface area contributed by atoms with Gasteiger partial charge in [0.2, 0.25) is 0 Å². The number of ketones is 2. The first-order valence-electron chi connectivity index (χ1n) is 27.2. The van der Waals surface area contributed by atoms with Crippen molar-refractivity contribution in [3.63, 3.8) is 0 Å². The number of ether oxygens (including phenoxy) is 4. The fourth-order valence-corrected chi connectivity index (χ4v) is 9.81. The summed E-state index contributed by atoms with van der Waals surface area (Å²) in [5.41, 5.74) is 7.18. The Morgan fingerprint density at radius 2 is 0.865 bits per heavy atom. The van der Waals surface area contributed by atoms with Crippen LogP contribution in [0.3, 0.4) is 0 Å². The molecule has 0 amide bonds. The summed E-state index contributed by atoms with van der Waals surface area (Å²) in [5, 5.41) is 0. The summed E-state index contributed by atoms with van der Waals surface area (Å²) in [5.74, 6) is -1.28. The molecule has 74 heavy (non-hydrogen) atoms. The van der Waals surface area contributed by atoms with Crippen LogP contribution in [0.5, 0.6) is 0 Å². The molecule has 0 saturated heterocycles. The van der Waals surface area contributed by atoms with Crippen LogP contribution < -0.4 is 0 Å². The van der Waals surface area contributed by atoms with Crippen LogP contribution in [0.1, 0.15) is 186 Å². The third kappa shape index (κ3) is 22.9. The predicted octanol–water partition coefficient (Wildman–Crippen LogP) is 14.8. The van der Waals surface area contributed by atoms with E-state index in [1.165, 1.54) is 49.7 Å². The van der Waals surface area contributed by atoms with Gasteiger partial charge in [-0.2, -0.15) is 0 Å². The number of hydrogen-bond acceptors (Lipinski definition) is 10. The fourth-order valence-electron chi connectivity index (χ4n) is 9.81. The number of Topliss-reactive ketones (excluding diaryl/α,β-unsaturated/α-hetero) is 2. The molecule has 0 bridgehead atoms. The molecule has 2 fully saturated rings. The lowest BCUT2D eigenvalue weighted by atomic mass is 9.71. The number of esters is 4. The molecule has 0 spiro atoms. The van der Waals surface area contributed by atoms with E-state index in [4.69, 9.17) is 18.9 Å². The van der Waals surface area contributed by atoms with Crippen molar-refractivity contribution in [2.75, 3.05) is 13.2 Å². The molecule has 0 N–H and O–H groups in total. The first-order valence-corrected chi connectivity index (χ1v) is 27.2. The molecule has 0 aromatic carbocycles. The minimum atomic E-state index is -0.848. The third-order valence-corrected chi connectivity index (χ3v) is 14.2. The summed E-state index contributed by atoms with van der Waals surface area (Å²) in [7, 11) is 0.